The molecule has 1 atom stereocenters. The number of nitrogens with one attached hydrogen (secondary N) is 1. The van der Waals surface area contributed by atoms with E-state index >= 15 is 0 Å². The van der Waals surface area contributed by atoms with Gasteiger partial charge in [0.1, 0.15) is 6.04 Å². The van der Waals surface area contributed by atoms with Crippen LogP contribution in [0.25, 0.3) is 0 Å². The summed E-state index contributed by atoms with van der Waals surface area (Å²) in [5, 5.41) is 10.8. The largest absolute Gasteiger partial charge is 0.481 e. The molecule has 15 heavy (non-hydrogen) atoms. The Kier molecular flexibility index (Phi) is 6.08. The molecule has 2 amide bonds. The fourth-order valence-electron chi connectivity index (χ4n) is 1.05. The topological polar surface area (TPSA) is 109 Å². The van der Waals surface area contributed by atoms with Crippen molar-refractivity contribution in [1.29, 1.82) is 0 Å². The number of aliphatic carboxylic acids is 1. The molecule has 0 aromatic rings. The van der Waals surface area contributed by atoms with Crippen LogP contribution in [0.15, 0.2) is 0 Å². The Bertz CT molecular complexity index is 252. The molecular formula is C9H16N2O4. The molecule has 6 nitrogen and oxygen atoms in total. The molecule has 0 aliphatic carbocycles. The molecule has 0 fully saturated rings. The standard InChI is InChI=1S/C9H16N2O4/c1-2-3-7(12)11-6(9(10)15)4-5-8(13)14/h6H,2-5H2,1H3,(H2,10,15)(H,11,12)(H,13,14). The fraction of sp³-hybridized carbons (Fsp3) is 0.667. The lowest BCUT2D eigenvalue weighted by atomic mass is 10.1. The smallest absolute Gasteiger partial charge is 0.303 e. The second-order valence-electron chi connectivity index (χ2n) is 3.20. The van der Waals surface area contributed by atoms with Gasteiger partial charge < -0.3 is 16.2 Å². The van der Waals surface area contributed by atoms with Crippen LogP contribution in [-0.2, 0) is 14.4 Å². The molecule has 0 saturated carbocycles. The summed E-state index contributed by atoms with van der Waals surface area (Å²) in [6, 6.07) is -0.889. The minimum atomic E-state index is -1.02. The van der Waals surface area contributed by atoms with E-state index in [-0.39, 0.29) is 18.7 Å². The second-order valence-corrected chi connectivity index (χ2v) is 3.20. The maximum absolute atomic E-state index is 11.1. The van der Waals surface area contributed by atoms with Crippen molar-refractivity contribution >= 4 is 17.8 Å². The Morgan fingerprint density at radius 1 is 1.33 bits per heavy atom. The minimum absolute atomic E-state index is 0.0279. The summed E-state index contributed by atoms with van der Waals surface area (Å²) < 4.78 is 0. The molecule has 0 spiro atoms. The SMILES string of the molecule is CCCC(=O)NC(CCC(=O)O)C(N)=O. The van der Waals surface area contributed by atoms with Crippen LogP contribution in [-0.4, -0.2) is 28.9 Å². The van der Waals surface area contributed by atoms with Crippen LogP contribution in [0.3, 0.4) is 0 Å². The van der Waals surface area contributed by atoms with E-state index in [0.717, 1.165) is 0 Å². The molecule has 0 aliphatic heterocycles. The normalized spacial score (nSPS) is 11.8. The molecule has 1 unspecified atom stereocenters. The quantitative estimate of drug-likeness (QED) is 0.538. The number of carboxylic acid groups (broad SMARTS) is 1. The number of hydrogen-bond donors (Lipinski definition) is 3. The molecule has 0 saturated heterocycles. The van der Waals surface area contributed by atoms with Crippen LogP contribution < -0.4 is 11.1 Å². The summed E-state index contributed by atoms with van der Waals surface area (Å²) >= 11 is 0. The van der Waals surface area contributed by atoms with Crippen molar-refractivity contribution in [3.8, 4) is 0 Å². The highest BCUT2D eigenvalue weighted by atomic mass is 16.4. The van der Waals surface area contributed by atoms with Crippen molar-refractivity contribution in [2.75, 3.05) is 0 Å². The molecule has 6 heteroatoms. The van der Waals surface area contributed by atoms with E-state index in [1.807, 2.05) is 6.92 Å². The van der Waals surface area contributed by atoms with Crippen molar-refractivity contribution in [1.82, 2.24) is 5.32 Å². The van der Waals surface area contributed by atoms with Gasteiger partial charge in [-0.1, -0.05) is 6.92 Å². The zero-order chi connectivity index (χ0) is 11.8. The molecule has 0 bridgehead atoms. The fourth-order valence-corrected chi connectivity index (χ4v) is 1.05. The Hall–Kier alpha value is -1.59. The van der Waals surface area contributed by atoms with Gasteiger partial charge in [-0.25, -0.2) is 0 Å². The molecule has 0 radical (unpaired) electrons. The van der Waals surface area contributed by atoms with Gasteiger partial charge in [0.25, 0.3) is 0 Å². The first kappa shape index (κ1) is 13.4. The highest BCUT2D eigenvalue weighted by molar-refractivity contribution is 5.86. The Morgan fingerprint density at radius 2 is 1.93 bits per heavy atom. The number of rotatable bonds is 7. The van der Waals surface area contributed by atoms with Crippen molar-refractivity contribution in [2.45, 2.75) is 38.6 Å². The third kappa shape index (κ3) is 6.48. The van der Waals surface area contributed by atoms with E-state index in [9.17, 15) is 14.4 Å². The van der Waals surface area contributed by atoms with Gasteiger partial charge in [-0.2, -0.15) is 0 Å². The molecule has 0 heterocycles. The van der Waals surface area contributed by atoms with Crippen molar-refractivity contribution in [2.24, 2.45) is 5.73 Å². The Balaban J connectivity index is 4.10. The maximum atomic E-state index is 11.1. The minimum Gasteiger partial charge on any atom is -0.481 e. The third-order valence-electron chi connectivity index (χ3n) is 1.80. The van der Waals surface area contributed by atoms with Crippen LogP contribution >= 0.6 is 0 Å². The van der Waals surface area contributed by atoms with E-state index in [4.69, 9.17) is 10.8 Å². The van der Waals surface area contributed by atoms with E-state index in [1.54, 1.807) is 0 Å². The lowest BCUT2D eigenvalue weighted by Gasteiger charge is -2.13. The van der Waals surface area contributed by atoms with Crippen molar-refractivity contribution < 1.29 is 19.5 Å². The zero-order valence-corrected chi connectivity index (χ0v) is 8.66. The number of hydrogen-bond acceptors (Lipinski definition) is 3. The lowest BCUT2D eigenvalue weighted by molar-refractivity contribution is -0.137. The molecule has 86 valence electrons. The molecular weight excluding hydrogens is 200 g/mol. The number of carboxylic acids is 1. The van der Waals surface area contributed by atoms with Crippen LogP contribution in [0.4, 0.5) is 0 Å². The van der Waals surface area contributed by atoms with Crippen molar-refractivity contribution in [3.05, 3.63) is 0 Å². The summed E-state index contributed by atoms with van der Waals surface area (Å²) in [4.78, 5) is 32.3. The van der Waals surface area contributed by atoms with Gasteiger partial charge in [-0.15, -0.1) is 0 Å². The summed E-state index contributed by atoms with van der Waals surface area (Å²) in [5.41, 5.74) is 5.02. The molecule has 4 N–H and O–H groups in total. The first-order valence-corrected chi connectivity index (χ1v) is 4.77. The summed E-state index contributed by atoms with van der Waals surface area (Å²) in [5.74, 6) is -2.02. The molecule has 0 aromatic carbocycles. The average Bonchev–Trinajstić information content (AvgIpc) is 2.11. The molecule has 0 rings (SSSR count). The molecule has 0 aliphatic rings. The van der Waals surface area contributed by atoms with Crippen LogP contribution in [0, 0.1) is 0 Å². The van der Waals surface area contributed by atoms with Gasteiger partial charge in [0.2, 0.25) is 11.8 Å². The Labute approximate surface area is 87.8 Å². The van der Waals surface area contributed by atoms with Gasteiger partial charge in [0.05, 0.1) is 0 Å². The zero-order valence-electron chi connectivity index (χ0n) is 8.66. The van der Waals surface area contributed by atoms with Gasteiger partial charge >= 0.3 is 5.97 Å². The van der Waals surface area contributed by atoms with E-state index in [0.29, 0.717) is 12.8 Å². The Morgan fingerprint density at radius 3 is 2.33 bits per heavy atom. The predicted octanol–water partition coefficient (Wildman–Crippen LogP) is -0.379. The van der Waals surface area contributed by atoms with Gasteiger partial charge in [-0.3, -0.25) is 14.4 Å². The first-order valence-electron chi connectivity index (χ1n) is 4.77. The van der Waals surface area contributed by atoms with E-state index < -0.39 is 17.9 Å². The average molecular weight is 216 g/mol. The number of primary amides is 1. The van der Waals surface area contributed by atoms with Crippen LogP contribution in [0.1, 0.15) is 32.6 Å². The maximum Gasteiger partial charge on any atom is 0.303 e. The highest BCUT2D eigenvalue weighted by Gasteiger charge is 2.18. The number of nitrogens with two attached hydrogens (primary N) is 1. The summed E-state index contributed by atoms with van der Waals surface area (Å²) in [7, 11) is 0. The first-order chi connectivity index (χ1) is 6.97. The second kappa shape index (κ2) is 6.80. The van der Waals surface area contributed by atoms with E-state index in [2.05, 4.69) is 5.32 Å². The number of carbonyl (C=O) groups is 3. The van der Waals surface area contributed by atoms with Gasteiger partial charge in [0.15, 0.2) is 0 Å². The summed E-state index contributed by atoms with van der Waals surface area (Å²) in [6.07, 6.45) is 0.799. The predicted molar refractivity (Wildman–Crippen MR) is 52.9 cm³/mol. The monoisotopic (exact) mass is 216 g/mol. The number of amides is 2. The van der Waals surface area contributed by atoms with Crippen LogP contribution in [0.5, 0.6) is 0 Å². The number of carbonyl (C=O) groups excluding carboxylic acids is 2. The summed E-state index contributed by atoms with van der Waals surface area (Å²) in [6.45, 7) is 1.83. The third-order valence-corrected chi connectivity index (χ3v) is 1.80. The van der Waals surface area contributed by atoms with Crippen LogP contribution in [0.2, 0.25) is 0 Å². The van der Waals surface area contributed by atoms with Gasteiger partial charge in [0, 0.05) is 12.8 Å². The highest BCUT2D eigenvalue weighted by Crippen LogP contribution is 1.98. The van der Waals surface area contributed by atoms with Gasteiger partial charge in [-0.05, 0) is 12.8 Å². The lowest BCUT2D eigenvalue weighted by Crippen LogP contribution is -2.44. The molecule has 0 aromatic heterocycles. The van der Waals surface area contributed by atoms with E-state index in [1.165, 1.54) is 0 Å². The van der Waals surface area contributed by atoms with Crippen molar-refractivity contribution in [3.63, 3.8) is 0 Å².